The molecule has 0 saturated heterocycles. The largest absolute Gasteiger partial charge is 0.480 e. The highest BCUT2D eigenvalue weighted by molar-refractivity contribution is 5.80. The molecule has 0 bridgehead atoms. The van der Waals surface area contributed by atoms with Gasteiger partial charge in [0.1, 0.15) is 17.9 Å². The number of aliphatic carboxylic acids is 1. The van der Waals surface area contributed by atoms with Crippen LogP contribution in [0.1, 0.15) is 33.6 Å². The summed E-state index contributed by atoms with van der Waals surface area (Å²) in [6.45, 7) is 5.02. The molecule has 0 aromatic carbocycles. The number of carbonyl (C=O) groups is 3. The lowest BCUT2D eigenvalue weighted by Crippen LogP contribution is -2.43. The van der Waals surface area contributed by atoms with Gasteiger partial charge >= 0.3 is 12.1 Å². The van der Waals surface area contributed by atoms with Gasteiger partial charge in [-0.3, -0.25) is 0 Å². The minimum Gasteiger partial charge on any atom is -0.480 e. The van der Waals surface area contributed by atoms with E-state index in [2.05, 4.69) is 5.32 Å². The topological polar surface area (TPSA) is 92.7 Å². The number of carboxylic acid groups (broad SMARTS) is 1. The SMILES string of the molecule is CC(C)(C)OC(=O)N[C@H](CCC=O)C(=O)O. The van der Waals surface area contributed by atoms with E-state index < -0.39 is 23.7 Å². The Kier molecular flexibility index (Phi) is 5.49. The first-order valence-corrected chi connectivity index (χ1v) is 4.92. The monoisotopic (exact) mass is 231 g/mol. The summed E-state index contributed by atoms with van der Waals surface area (Å²) in [6, 6.07) is -1.10. The van der Waals surface area contributed by atoms with Gasteiger partial charge in [-0.05, 0) is 27.2 Å². The first-order chi connectivity index (χ1) is 7.26. The van der Waals surface area contributed by atoms with Crippen LogP contribution in [0.2, 0.25) is 0 Å². The molecule has 0 fully saturated rings. The summed E-state index contributed by atoms with van der Waals surface area (Å²) in [4.78, 5) is 32.1. The summed E-state index contributed by atoms with van der Waals surface area (Å²) in [5.74, 6) is -1.19. The summed E-state index contributed by atoms with van der Waals surface area (Å²) in [5.41, 5.74) is -0.683. The maximum absolute atomic E-state index is 11.3. The van der Waals surface area contributed by atoms with Crippen molar-refractivity contribution in [3.8, 4) is 0 Å². The molecule has 1 atom stereocenters. The van der Waals surface area contributed by atoms with Crippen molar-refractivity contribution in [2.45, 2.75) is 45.3 Å². The highest BCUT2D eigenvalue weighted by atomic mass is 16.6. The molecular weight excluding hydrogens is 214 g/mol. The standard InChI is InChI=1S/C10H17NO5/c1-10(2,3)16-9(15)11-7(8(13)14)5-4-6-12/h6-7H,4-5H2,1-3H3,(H,11,15)(H,13,14)/t7-/m1/s1. The lowest BCUT2D eigenvalue weighted by molar-refractivity contribution is -0.139. The Hall–Kier alpha value is -1.59. The van der Waals surface area contributed by atoms with E-state index in [4.69, 9.17) is 9.84 Å². The quantitative estimate of drug-likeness (QED) is 0.687. The van der Waals surface area contributed by atoms with E-state index in [-0.39, 0.29) is 12.8 Å². The molecule has 0 aromatic heterocycles. The van der Waals surface area contributed by atoms with Crippen LogP contribution in [0.25, 0.3) is 0 Å². The van der Waals surface area contributed by atoms with E-state index in [0.29, 0.717) is 6.29 Å². The second-order valence-electron chi connectivity index (χ2n) is 4.28. The normalized spacial score (nSPS) is 12.7. The third-order valence-corrected chi connectivity index (χ3v) is 1.56. The third kappa shape index (κ3) is 6.80. The number of ether oxygens (including phenoxy) is 1. The number of hydrogen-bond acceptors (Lipinski definition) is 4. The molecule has 0 aliphatic rings. The molecule has 2 N–H and O–H groups in total. The molecule has 0 spiro atoms. The number of alkyl carbamates (subject to hydrolysis) is 1. The van der Waals surface area contributed by atoms with Gasteiger partial charge in [-0.25, -0.2) is 9.59 Å². The average molecular weight is 231 g/mol. The summed E-state index contributed by atoms with van der Waals surface area (Å²) in [7, 11) is 0. The molecule has 0 aliphatic heterocycles. The maximum atomic E-state index is 11.3. The van der Waals surface area contributed by atoms with Crippen molar-refractivity contribution < 1.29 is 24.2 Å². The fraction of sp³-hybridized carbons (Fsp3) is 0.700. The molecule has 16 heavy (non-hydrogen) atoms. The van der Waals surface area contributed by atoms with Gasteiger partial charge in [0, 0.05) is 6.42 Å². The smallest absolute Gasteiger partial charge is 0.408 e. The molecule has 92 valence electrons. The van der Waals surface area contributed by atoms with Gasteiger partial charge in [0.05, 0.1) is 0 Å². The Morgan fingerprint density at radius 1 is 1.44 bits per heavy atom. The first-order valence-electron chi connectivity index (χ1n) is 4.92. The van der Waals surface area contributed by atoms with Gasteiger partial charge in [-0.15, -0.1) is 0 Å². The molecular formula is C10H17NO5. The van der Waals surface area contributed by atoms with E-state index in [0.717, 1.165) is 0 Å². The van der Waals surface area contributed by atoms with E-state index in [1.165, 1.54) is 0 Å². The van der Waals surface area contributed by atoms with E-state index in [1.807, 2.05) is 0 Å². The van der Waals surface area contributed by atoms with Crippen LogP contribution in [0.5, 0.6) is 0 Å². The van der Waals surface area contributed by atoms with Crippen molar-refractivity contribution >= 4 is 18.3 Å². The molecule has 0 aromatic rings. The Morgan fingerprint density at radius 2 is 2.00 bits per heavy atom. The molecule has 6 heteroatoms. The van der Waals surface area contributed by atoms with Crippen LogP contribution in [-0.2, 0) is 14.3 Å². The van der Waals surface area contributed by atoms with Gasteiger partial charge in [0.25, 0.3) is 0 Å². The lowest BCUT2D eigenvalue weighted by atomic mass is 10.1. The Morgan fingerprint density at radius 3 is 2.38 bits per heavy atom. The number of nitrogens with one attached hydrogen (secondary N) is 1. The van der Waals surface area contributed by atoms with Crippen molar-refractivity contribution in [2.75, 3.05) is 0 Å². The number of carboxylic acids is 1. The van der Waals surface area contributed by atoms with E-state index in [1.54, 1.807) is 20.8 Å². The fourth-order valence-electron chi connectivity index (χ4n) is 0.942. The Labute approximate surface area is 94.0 Å². The van der Waals surface area contributed by atoms with Crippen LogP contribution >= 0.6 is 0 Å². The molecule has 0 aliphatic carbocycles. The summed E-state index contributed by atoms with van der Waals surface area (Å²) in [5, 5.41) is 10.9. The predicted octanol–water partition coefficient (Wildman–Crippen LogP) is 0.943. The predicted molar refractivity (Wildman–Crippen MR) is 56.1 cm³/mol. The minimum atomic E-state index is -1.19. The van der Waals surface area contributed by atoms with Gasteiger partial charge in [0.15, 0.2) is 0 Å². The van der Waals surface area contributed by atoms with Crippen LogP contribution in [0.4, 0.5) is 4.79 Å². The fourth-order valence-corrected chi connectivity index (χ4v) is 0.942. The highest BCUT2D eigenvalue weighted by Gasteiger charge is 2.23. The summed E-state index contributed by atoms with van der Waals surface area (Å²) >= 11 is 0. The molecule has 0 radical (unpaired) electrons. The minimum absolute atomic E-state index is 0.0536. The average Bonchev–Trinajstić information content (AvgIpc) is 2.08. The number of carbonyl (C=O) groups excluding carboxylic acids is 2. The van der Waals surface area contributed by atoms with Crippen molar-refractivity contribution in [3.63, 3.8) is 0 Å². The molecule has 0 saturated carbocycles. The maximum Gasteiger partial charge on any atom is 0.408 e. The van der Waals surface area contributed by atoms with Gasteiger partial charge in [-0.2, -0.15) is 0 Å². The summed E-state index contributed by atoms with van der Waals surface area (Å²) in [6.07, 6.45) is -0.0665. The number of hydrogen-bond donors (Lipinski definition) is 2. The number of amides is 1. The highest BCUT2D eigenvalue weighted by Crippen LogP contribution is 2.07. The van der Waals surface area contributed by atoms with Crippen LogP contribution in [0.15, 0.2) is 0 Å². The first kappa shape index (κ1) is 14.4. The van der Waals surface area contributed by atoms with Crippen LogP contribution in [0, 0.1) is 0 Å². The lowest BCUT2D eigenvalue weighted by Gasteiger charge is -2.21. The molecule has 0 rings (SSSR count). The van der Waals surface area contributed by atoms with Crippen molar-refractivity contribution in [2.24, 2.45) is 0 Å². The van der Waals surface area contributed by atoms with Crippen LogP contribution < -0.4 is 5.32 Å². The van der Waals surface area contributed by atoms with Crippen LogP contribution in [-0.4, -0.2) is 35.1 Å². The van der Waals surface area contributed by atoms with Crippen LogP contribution in [0.3, 0.4) is 0 Å². The zero-order valence-corrected chi connectivity index (χ0v) is 9.65. The molecule has 6 nitrogen and oxygen atoms in total. The second-order valence-corrected chi connectivity index (χ2v) is 4.28. The van der Waals surface area contributed by atoms with Crippen molar-refractivity contribution in [1.82, 2.24) is 5.32 Å². The number of aldehydes is 1. The van der Waals surface area contributed by atoms with E-state index in [9.17, 15) is 14.4 Å². The van der Waals surface area contributed by atoms with Crippen molar-refractivity contribution in [3.05, 3.63) is 0 Å². The molecule has 1 amide bonds. The second kappa shape index (κ2) is 6.09. The van der Waals surface area contributed by atoms with Gasteiger partial charge in [-0.1, -0.05) is 0 Å². The summed E-state index contributed by atoms with van der Waals surface area (Å²) < 4.78 is 4.90. The zero-order valence-electron chi connectivity index (χ0n) is 9.65. The zero-order chi connectivity index (χ0) is 12.8. The third-order valence-electron chi connectivity index (χ3n) is 1.56. The molecule has 0 unspecified atom stereocenters. The number of rotatable bonds is 5. The Balaban J connectivity index is 4.23. The van der Waals surface area contributed by atoms with Crippen molar-refractivity contribution in [1.29, 1.82) is 0 Å². The van der Waals surface area contributed by atoms with Gasteiger partial charge in [0.2, 0.25) is 0 Å². The van der Waals surface area contributed by atoms with Gasteiger partial charge < -0.3 is 20.0 Å². The Bertz CT molecular complexity index is 269. The van der Waals surface area contributed by atoms with E-state index >= 15 is 0 Å². The molecule has 0 heterocycles.